The summed E-state index contributed by atoms with van der Waals surface area (Å²) in [5, 5.41) is 9.84. The maximum absolute atomic E-state index is 12.1. The molecule has 2 heterocycles. The lowest BCUT2D eigenvalue weighted by Gasteiger charge is -2.08. The summed E-state index contributed by atoms with van der Waals surface area (Å²) in [7, 11) is 0. The van der Waals surface area contributed by atoms with Gasteiger partial charge >= 0.3 is 0 Å². The number of carbonyl (C=O) groups is 1. The zero-order valence-electron chi connectivity index (χ0n) is 12.1. The van der Waals surface area contributed by atoms with Gasteiger partial charge in [-0.2, -0.15) is 5.10 Å². The maximum Gasteiger partial charge on any atom is 0.235 e. The average Bonchev–Trinajstić information content (AvgIpc) is 3.20. The van der Waals surface area contributed by atoms with E-state index in [-0.39, 0.29) is 5.91 Å². The van der Waals surface area contributed by atoms with E-state index in [1.54, 1.807) is 28.3 Å². The number of thiophene rings is 1. The van der Waals surface area contributed by atoms with Crippen LogP contribution in [0.25, 0.3) is 0 Å². The summed E-state index contributed by atoms with van der Waals surface area (Å²) in [5.41, 5.74) is 0. The molecule has 4 nitrogen and oxygen atoms in total. The molecule has 0 saturated carbocycles. The number of aromatic nitrogens is 2. The van der Waals surface area contributed by atoms with Gasteiger partial charge in [-0.05, 0) is 23.6 Å². The molecule has 0 saturated heterocycles. The van der Waals surface area contributed by atoms with Crippen molar-refractivity contribution < 1.29 is 4.79 Å². The molecule has 3 rings (SSSR count). The summed E-state index contributed by atoms with van der Waals surface area (Å²) in [4.78, 5) is 14.2. The number of halogens is 1. The lowest BCUT2D eigenvalue weighted by atomic mass is 10.4. The summed E-state index contributed by atoms with van der Waals surface area (Å²) in [6, 6.07) is 13.3. The van der Waals surface area contributed by atoms with E-state index in [9.17, 15) is 4.79 Å². The van der Waals surface area contributed by atoms with Crippen molar-refractivity contribution in [2.24, 2.45) is 0 Å². The number of thioether (sulfide) groups is 1. The van der Waals surface area contributed by atoms with Crippen LogP contribution in [-0.2, 0) is 11.3 Å². The third-order valence-electron chi connectivity index (χ3n) is 3.07. The van der Waals surface area contributed by atoms with E-state index in [4.69, 9.17) is 11.6 Å². The van der Waals surface area contributed by atoms with Crippen LogP contribution in [0.2, 0.25) is 5.02 Å². The van der Waals surface area contributed by atoms with Crippen molar-refractivity contribution in [2.75, 3.05) is 11.1 Å². The van der Waals surface area contributed by atoms with Crippen LogP contribution >= 0.6 is 34.7 Å². The Labute approximate surface area is 147 Å². The summed E-state index contributed by atoms with van der Waals surface area (Å²) < 4.78 is 1.78. The van der Waals surface area contributed by atoms with Crippen LogP contribution in [0.1, 0.15) is 4.88 Å². The van der Waals surface area contributed by atoms with Crippen LogP contribution in [-0.4, -0.2) is 21.4 Å². The first kappa shape index (κ1) is 16.1. The Balaban J connectivity index is 1.58. The zero-order chi connectivity index (χ0) is 16.1. The van der Waals surface area contributed by atoms with Gasteiger partial charge in [0.15, 0.2) is 0 Å². The van der Waals surface area contributed by atoms with E-state index >= 15 is 0 Å². The van der Waals surface area contributed by atoms with E-state index in [2.05, 4.69) is 10.4 Å². The zero-order valence-corrected chi connectivity index (χ0v) is 14.5. The molecule has 2 aromatic heterocycles. The number of anilines is 1. The van der Waals surface area contributed by atoms with Crippen LogP contribution in [0, 0.1) is 0 Å². The molecular weight excluding hydrogens is 350 g/mol. The fourth-order valence-electron chi connectivity index (χ4n) is 2.00. The Morgan fingerprint density at radius 3 is 2.91 bits per heavy atom. The highest BCUT2D eigenvalue weighted by atomic mass is 35.5. The van der Waals surface area contributed by atoms with Gasteiger partial charge in [0.05, 0.1) is 23.5 Å². The van der Waals surface area contributed by atoms with Gasteiger partial charge in [-0.1, -0.05) is 29.8 Å². The highest BCUT2D eigenvalue weighted by Gasteiger charge is 2.09. The van der Waals surface area contributed by atoms with E-state index in [0.717, 1.165) is 4.90 Å². The van der Waals surface area contributed by atoms with Gasteiger partial charge < -0.3 is 5.32 Å². The minimum Gasteiger partial charge on any atom is -0.310 e. The average molecular weight is 364 g/mol. The highest BCUT2D eigenvalue weighted by molar-refractivity contribution is 8.00. The molecule has 1 amide bonds. The second kappa shape index (κ2) is 7.68. The number of rotatable bonds is 6. The fourth-order valence-corrected chi connectivity index (χ4v) is 3.72. The van der Waals surface area contributed by atoms with Gasteiger partial charge in [-0.3, -0.25) is 4.79 Å². The predicted octanol–water partition coefficient (Wildman–Crippen LogP) is 4.38. The molecule has 1 N–H and O–H groups in total. The maximum atomic E-state index is 12.1. The molecule has 7 heteroatoms. The molecule has 1 aromatic carbocycles. The lowest BCUT2D eigenvalue weighted by Crippen LogP contribution is -2.17. The molecule has 23 heavy (non-hydrogen) atoms. The SMILES string of the molecule is O=C(CSc1ccccc1Cl)Nc1ccnn1Cc1cccs1. The van der Waals surface area contributed by atoms with Crippen LogP contribution in [0.15, 0.2) is 58.9 Å². The Hall–Kier alpha value is -1.76. The molecule has 3 aromatic rings. The van der Waals surface area contributed by atoms with Crippen molar-refractivity contribution in [1.29, 1.82) is 0 Å². The summed E-state index contributed by atoms with van der Waals surface area (Å²) in [6.07, 6.45) is 1.68. The van der Waals surface area contributed by atoms with E-state index in [1.807, 2.05) is 41.8 Å². The second-order valence-electron chi connectivity index (χ2n) is 4.72. The number of nitrogens with zero attached hydrogens (tertiary/aromatic N) is 2. The predicted molar refractivity (Wildman–Crippen MR) is 96.5 cm³/mol. The van der Waals surface area contributed by atoms with Gasteiger partial charge in [0, 0.05) is 15.8 Å². The van der Waals surface area contributed by atoms with Crippen molar-refractivity contribution in [3.8, 4) is 0 Å². The molecule has 0 spiro atoms. The normalized spacial score (nSPS) is 10.7. The first-order chi connectivity index (χ1) is 11.2. The number of benzene rings is 1. The number of hydrogen-bond acceptors (Lipinski definition) is 4. The molecular formula is C16H14ClN3OS2. The Kier molecular flexibility index (Phi) is 5.38. The molecule has 0 aliphatic carbocycles. The molecule has 118 valence electrons. The Morgan fingerprint density at radius 1 is 1.26 bits per heavy atom. The highest BCUT2D eigenvalue weighted by Crippen LogP contribution is 2.26. The molecule has 0 fully saturated rings. The van der Waals surface area contributed by atoms with Gasteiger partial charge in [0.2, 0.25) is 5.91 Å². The first-order valence-corrected chi connectivity index (χ1v) is 9.18. The van der Waals surface area contributed by atoms with Crippen molar-refractivity contribution in [2.45, 2.75) is 11.4 Å². The van der Waals surface area contributed by atoms with Crippen LogP contribution in [0.3, 0.4) is 0 Å². The van der Waals surface area contributed by atoms with Crippen LogP contribution in [0.5, 0.6) is 0 Å². The van der Waals surface area contributed by atoms with Crippen LogP contribution in [0.4, 0.5) is 5.82 Å². The summed E-state index contributed by atoms with van der Waals surface area (Å²) in [6.45, 7) is 0.651. The second-order valence-corrected chi connectivity index (χ2v) is 7.18. The summed E-state index contributed by atoms with van der Waals surface area (Å²) in [5.74, 6) is 0.916. The number of carbonyl (C=O) groups excluding carboxylic acids is 1. The molecule has 0 aliphatic heterocycles. The van der Waals surface area contributed by atoms with Gasteiger partial charge in [0.1, 0.15) is 5.82 Å². The smallest absolute Gasteiger partial charge is 0.235 e. The number of amides is 1. The topological polar surface area (TPSA) is 46.9 Å². The molecule has 0 unspecified atom stereocenters. The van der Waals surface area contributed by atoms with Gasteiger partial charge in [0.25, 0.3) is 0 Å². The van der Waals surface area contributed by atoms with Crippen molar-refractivity contribution in [1.82, 2.24) is 9.78 Å². The third-order valence-corrected chi connectivity index (χ3v) is 5.44. The van der Waals surface area contributed by atoms with E-state index in [0.29, 0.717) is 23.1 Å². The van der Waals surface area contributed by atoms with Gasteiger partial charge in [-0.25, -0.2) is 4.68 Å². The van der Waals surface area contributed by atoms with E-state index in [1.165, 1.54) is 16.6 Å². The molecule has 0 aliphatic rings. The van der Waals surface area contributed by atoms with Gasteiger partial charge in [-0.15, -0.1) is 23.1 Å². The quantitative estimate of drug-likeness (QED) is 0.661. The Bertz CT molecular complexity index is 786. The molecule has 0 atom stereocenters. The Morgan fingerprint density at radius 2 is 2.13 bits per heavy atom. The van der Waals surface area contributed by atoms with Crippen LogP contribution < -0.4 is 5.32 Å². The van der Waals surface area contributed by atoms with Crippen molar-refractivity contribution >= 4 is 46.4 Å². The monoisotopic (exact) mass is 363 g/mol. The number of hydrogen-bond donors (Lipinski definition) is 1. The van der Waals surface area contributed by atoms with Crippen molar-refractivity contribution in [3.63, 3.8) is 0 Å². The largest absolute Gasteiger partial charge is 0.310 e. The van der Waals surface area contributed by atoms with Crippen molar-refractivity contribution in [3.05, 3.63) is 63.9 Å². The standard InChI is InChI=1S/C16H14ClN3OS2/c17-13-5-1-2-6-14(13)23-11-16(21)19-15-7-8-18-20(15)10-12-4-3-9-22-12/h1-9H,10-11H2,(H,19,21). The minimum atomic E-state index is -0.0807. The fraction of sp³-hybridized carbons (Fsp3) is 0.125. The lowest BCUT2D eigenvalue weighted by molar-refractivity contribution is -0.113. The minimum absolute atomic E-state index is 0.0807. The molecule has 0 radical (unpaired) electrons. The first-order valence-electron chi connectivity index (χ1n) is 6.94. The third kappa shape index (κ3) is 4.37. The van der Waals surface area contributed by atoms with E-state index < -0.39 is 0 Å². The number of nitrogens with one attached hydrogen (secondary N) is 1. The molecule has 0 bridgehead atoms. The summed E-state index contributed by atoms with van der Waals surface area (Å²) >= 11 is 9.17.